The molecule has 0 amide bonds. The summed E-state index contributed by atoms with van der Waals surface area (Å²) in [5.41, 5.74) is 8.60. The van der Waals surface area contributed by atoms with Gasteiger partial charge in [0.1, 0.15) is 24.3 Å². The van der Waals surface area contributed by atoms with E-state index in [1.807, 2.05) is 30.3 Å². The minimum atomic E-state index is 0.328. The van der Waals surface area contributed by atoms with Gasteiger partial charge in [-0.2, -0.15) is 0 Å². The van der Waals surface area contributed by atoms with Crippen LogP contribution in [0.15, 0.2) is 48.8 Å². The first-order valence-corrected chi connectivity index (χ1v) is 8.50. The molecule has 8 heteroatoms. The fourth-order valence-corrected chi connectivity index (χ4v) is 3.14. The van der Waals surface area contributed by atoms with Crippen molar-refractivity contribution in [2.75, 3.05) is 5.73 Å². The number of nitrogen functional groups attached to an aromatic ring is 1. The van der Waals surface area contributed by atoms with Gasteiger partial charge in [0.2, 0.25) is 0 Å². The molecule has 26 heavy (non-hydrogen) atoms. The summed E-state index contributed by atoms with van der Waals surface area (Å²) >= 11 is 12.8. The van der Waals surface area contributed by atoms with E-state index in [0.717, 1.165) is 5.56 Å². The molecule has 2 aromatic carbocycles. The van der Waals surface area contributed by atoms with Gasteiger partial charge in [0.05, 0.1) is 10.0 Å². The van der Waals surface area contributed by atoms with Crippen molar-refractivity contribution in [2.24, 2.45) is 0 Å². The van der Waals surface area contributed by atoms with Crippen LogP contribution in [0.1, 0.15) is 5.56 Å². The lowest BCUT2D eigenvalue weighted by Gasteiger charge is -2.11. The zero-order valence-electron chi connectivity index (χ0n) is 13.4. The van der Waals surface area contributed by atoms with E-state index in [1.54, 1.807) is 12.1 Å². The number of aromatic amines is 1. The lowest BCUT2D eigenvalue weighted by molar-refractivity contribution is 0.306. The first kappa shape index (κ1) is 16.6. The molecule has 4 aromatic rings. The number of fused-ring (bicyclic) bond motifs is 1. The molecule has 0 saturated heterocycles. The molecular formula is C18H13Cl2N5O. The molecule has 0 aliphatic carbocycles. The summed E-state index contributed by atoms with van der Waals surface area (Å²) in [6, 6.07) is 13.2. The van der Waals surface area contributed by atoms with Crippen LogP contribution in [0, 0.1) is 0 Å². The van der Waals surface area contributed by atoms with E-state index in [0.29, 0.717) is 50.8 Å². The van der Waals surface area contributed by atoms with Crippen LogP contribution < -0.4 is 10.5 Å². The van der Waals surface area contributed by atoms with Crippen molar-refractivity contribution in [1.82, 2.24) is 19.9 Å². The zero-order valence-corrected chi connectivity index (χ0v) is 14.9. The molecule has 0 aliphatic heterocycles. The lowest BCUT2D eigenvalue weighted by Crippen LogP contribution is -1.97. The van der Waals surface area contributed by atoms with Crippen molar-refractivity contribution in [3.8, 4) is 17.1 Å². The lowest BCUT2D eigenvalue weighted by atomic mass is 10.2. The third-order valence-electron chi connectivity index (χ3n) is 3.82. The molecule has 2 heterocycles. The molecule has 0 unspecified atom stereocenters. The number of hydrogen-bond acceptors (Lipinski definition) is 5. The monoisotopic (exact) mass is 385 g/mol. The van der Waals surface area contributed by atoms with Crippen molar-refractivity contribution >= 4 is 40.2 Å². The topological polar surface area (TPSA) is 89.7 Å². The van der Waals surface area contributed by atoms with E-state index in [-0.39, 0.29) is 0 Å². The highest BCUT2D eigenvalue weighted by Crippen LogP contribution is 2.37. The molecule has 0 fully saturated rings. The van der Waals surface area contributed by atoms with Crippen molar-refractivity contribution in [3.63, 3.8) is 0 Å². The Morgan fingerprint density at radius 1 is 1.04 bits per heavy atom. The van der Waals surface area contributed by atoms with E-state index >= 15 is 0 Å². The number of ether oxygens (including phenoxy) is 1. The number of halogens is 2. The number of rotatable bonds is 4. The van der Waals surface area contributed by atoms with Gasteiger partial charge in [-0.1, -0.05) is 53.5 Å². The number of aromatic nitrogens is 4. The van der Waals surface area contributed by atoms with Crippen LogP contribution in [0.3, 0.4) is 0 Å². The molecule has 130 valence electrons. The number of imidazole rings is 1. The van der Waals surface area contributed by atoms with Crippen molar-refractivity contribution in [1.29, 1.82) is 0 Å². The first-order valence-electron chi connectivity index (χ1n) is 7.74. The SMILES string of the molecule is Nc1ncnc2nc(-c3cc(Cl)c(OCc4ccccc4)c(Cl)c3)[nH]c12. The first-order chi connectivity index (χ1) is 12.6. The van der Waals surface area contributed by atoms with Gasteiger partial charge < -0.3 is 15.5 Å². The van der Waals surface area contributed by atoms with Gasteiger partial charge in [-0.25, -0.2) is 15.0 Å². The standard InChI is InChI=1S/C18H13Cl2N5O/c19-12-6-11(17-24-14-16(21)22-9-23-18(14)25-17)7-13(20)15(12)26-8-10-4-2-1-3-5-10/h1-7,9H,8H2,(H3,21,22,23,24,25). The molecule has 3 N–H and O–H groups in total. The number of anilines is 1. The Morgan fingerprint density at radius 2 is 1.77 bits per heavy atom. The minimum Gasteiger partial charge on any atom is -0.486 e. The van der Waals surface area contributed by atoms with E-state index in [1.165, 1.54) is 6.33 Å². The number of hydrogen-bond donors (Lipinski definition) is 2. The van der Waals surface area contributed by atoms with Gasteiger partial charge in [-0.3, -0.25) is 0 Å². The fraction of sp³-hybridized carbons (Fsp3) is 0.0556. The Bertz CT molecular complexity index is 1060. The van der Waals surface area contributed by atoms with E-state index < -0.39 is 0 Å². The van der Waals surface area contributed by atoms with Crippen LogP contribution >= 0.6 is 23.2 Å². The number of nitrogens with zero attached hydrogens (tertiary/aromatic N) is 3. The Balaban J connectivity index is 1.65. The minimum absolute atomic E-state index is 0.328. The average Bonchev–Trinajstić information content (AvgIpc) is 3.07. The molecule has 0 bridgehead atoms. The third-order valence-corrected chi connectivity index (χ3v) is 4.38. The average molecular weight is 386 g/mol. The zero-order chi connectivity index (χ0) is 18.1. The smallest absolute Gasteiger partial charge is 0.183 e. The maximum atomic E-state index is 6.38. The maximum absolute atomic E-state index is 6.38. The number of benzene rings is 2. The number of nitrogens with two attached hydrogens (primary N) is 1. The van der Waals surface area contributed by atoms with Crippen LogP contribution in [-0.4, -0.2) is 19.9 Å². The van der Waals surface area contributed by atoms with Crippen LogP contribution in [0.2, 0.25) is 10.0 Å². The second-order valence-corrected chi connectivity index (χ2v) is 6.40. The van der Waals surface area contributed by atoms with Gasteiger partial charge >= 0.3 is 0 Å². The Kier molecular flexibility index (Phi) is 4.36. The molecule has 0 saturated carbocycles. The molecule has 2 aromatic heterocycles. The van der Waals surface area contributed by atoms with E-state index in [4.69, 9.17) is 33.7 Å². The van der Waals surface area contributed by atoms with Crippen molar-refractivity contribution in [2.45, 2.75) is 6.61 Å². The van der Waals surface area contributed by atoms with Crippen LogP contribution in [0.5, 0.6) is 5.75 Å². The normalized spacial score (nSPS) is 11.0. The molecule has 6 nitrogen and oxygen atoms in total. The predicted octanol–water partition coefficient (Wildman–Crippen LogP) is 4.49. The highest BCUT2D eigenvalue weighted by atomic mass is 35.5. The van der Waals surface area contributed by atoms with Gasteiger partial charge in [0, 0.05) is 5.56 Å². The number of H-pyrrole nitrogens is 1. The van der Waals surface area contributed by atoms with Crippen LogP contribution in [-0.2, 0) is 6.61 Å². The van der Waals surface area contributed by atoms with Crippen molar-refractivity contribution < 1.29 is 4.74 Å². The summed E-state index contributed by atoms with van der Waals surface area (Å²) in [6.45, 7) is 0.371. The Morgan fingerprint density at radius 3 is 2.46 bits per heavy atom. The maximum Gasteiger partial charge on any atom is 0.183 e. The second kappa shape index (κ2) is 6.82. The third kappa shape index (κ3) is 3.16. The Labute approximate surface area is 159 Å². The van der Waals surface area contributed by atoms with E-state index in [9.17, 15) is 0 Å². The summed E-state index contributed by atoms with van der Waals surface area (Å²) in [7, 11) is 0. The van der Waals surface area contributed by atoms with Gasteiger partial charge in [-0.15, -0.1) is 0 Å². The highest BCUT2D eigenvalue weighted by molar-refractivity contribution is 6.37. The summed E-state index contributed by atoms with van der Waals surface area (Å²) in [5.74, 6) is 1.30. The van der Waals surface area contributed by atoms with Gasteiger partial charge in [0.25, 0.3) is 0 Å². The molecule has 0 atom stereocenters. The molecule has 0 aliphatic rings. The quantitative estimate of drug-likeness (QED) is 0.540. The molecular weight excluding hydrogens is 373 g/mol. The predicted molar refractivity (Wildman–Crippen MR) is 102 cm³/mol. The molecule has 0 spiro atoms. The van der Waals surface area contributed by atoms with Gasteiger partial charge in [-0.05, 0) is 17.7 Å². The Hall–Kier alpha value is -2.83. The van der Waals surface area contributed by atoms with Crippen molar-refractivity contribution in [3.05, 3.63) is 64.4 Å². The fourth-order valence-electron chi connectivity index (χ4n) is 2.55. The van der Waals surface area contributed by atoms with Gasteiger partial charge in [0.15, 0.2) is 17.2 Å². The number of nitrogens with one attached hydrogen (secondary N) is 1. The second-order valence-electron chi connectivity index (χ2n) is 5.59. The summed E-state index contributed by atoms with van der Waals surface area (Å²) in [4.78, 5) is 15.5. The summed E-state index contributed by atoms with van der Waals surface area (Å²) < 4.78 is 5.79. The molecule has 0 radical (unpaired) electrons. The largest absolute Gasteiger partial charge is 0.486 e. The van der Waals surface area contributed by atoms with Crippen LogP contribution in [0.4, 0.5) is 5.82 Å². The summed E-state index contributed by atoms with van der Waals surface area (Å²) in [5, 5.41) is 0.783. The summed E-state index contributed by atoms with van der Waals surface area (Å²) in [6.07, 6.45) is 1.36. The van der Waals surface area contributed by atoms with Crippen LogP contribution in [0.25, 0.3) is 22.6 Å². The molecule has 4 rings (SSSR count). The highest BCUT2D eigenvalue weighted by Gasteiger charge is 2.15. The van der Waals surface area contributed by atoms with E-state index in [2.05, 4.69) is 19.9 Å².